The predicted octanol–water partition coefficient (Wildman–Crippen LogP) is 4.17. The van der Waals surface area contributed by atoms with Crippen LogP contribution in [-0.4, -0.2) is 48.5 Å². The van der Waals surface area contributed by atoms with Crippen molar-refractivity contribution in [2.75, 3.05) is 13.2 Å². The minimum atomic E-state index is -2.84. The molecule has 2 atom stereocenters. The second kappa shape index (κ2) is 7.84. The molecule has 5 nitrogen and oxygen atoms in total. The molecule has 0 N–H and O–H groups in total. The number of hydrogen-bond donors (Lipinski definition) is 0. The van der Waals surface area contributed by atoms with Crippen LogP contribution in [0.15, 0.2) is 35.9 Å². The summed E-state index contributed by atoms with van der Waals surface area (Å²) in [6.07, 6.45) is 2.98. The van der Waals surface area contributed by atoms with Crippen LogP contribution in [0, 0.1) is 0 Å². The van der Waals surface area contributed by atoms with Crippen LogP contribution in [0.1, 0.15) is 32.8 Å². The zero-order valence-electron chi connectivity index (χ0n) is 15.8. The fraction of sp³-hybridized carbons (Fsp3) is 0.550. The first-order valence-electron chi connectivity index (χ1n) is 9.03. The van der Waals surface area contributed by atoms with Crippen molar-refractivity contribution >= 4 is 6.09 Å². The highest BCUT2D eigenvalue weighted by Crippen LogP contribution is 2.31. The van der Waals surface area contributed by atoms with Crippen molar-refractivity contribution < 1.29 is 27.8 Å². The number of ether oxygens (including phenoxy) is 3. The first-order valence-corrected chi connectivity index (χ1v) is 9.03. The number of halogens is 2. The van der Waals surface area contributed by atoms with Gasteiger partial charge >= 0.3 is 12.7 Å². The summed E-state index contributed by atoms with van der Waals surface area (Å²) in [5, 5.41) is 0. The van der Waals surface area contributed by atoms with Crippen molar-refractivity contribution in [3.05, 3.63) is 41.5 Å². The molecule has 1 aromatic rings. The van der Waals surface area contributed by atoms with Crippen molar-refractivity contribution in [2.24, 2.45) is 0 Å². The first kappa shape index (κ1) is 19.6. The van der Waals surface area contributed by atoms with E-state index in [-0.39, 0.29) is 23.9 Å². The molecule has 1 aromatic carbocycles. The van der Waals surface area contributed by atoms with Gasteiger partial charge in [-0.2, -0.15) is 8.78 Å². The average molecular weight is 381 g/mol. The first-order chi connectivity index (χ1) is 12.7. The Labute approximate surface area is 157 Å². The van der Waals surface area contributed by atoms with Gasteiger partial charge in [0.2, 0.25) is 0 Å². The van der Waals surface area contributed by atoms with E-state index in [1.807, 2.05) is 32.9 Å². The Kier molecular flexibility index (Phi) is 5.69. The van der Waals surface area contributed by atoms with Crippen LogP contribution in [0.5, 0.6) is 5.75 Å². The molecule has 2 aliphatic rings. The number of rotatable bonds is 4. The predicted molar refractivity (Wildman–Crippen MR) is 95.9 cm³/mol. The lowest BCUT2D eigenvalue weighted by molar-refractivity contribution is -0.0536. The second-order valence-electron chi connectivity index (χ2n) is 7.88. The van der Waals surface area contributed by atoms with Gasteiger partial charge < -0.3 is 14.2 Å². The number of morpholine rings is 1. The van der Waals surface area contributed by atoms with Gasteiger partial charge in [0.1, 0.15) is 11.4 Å². The Morgan fingerprint density at radius 2 is 2.11 bits per heavy atom. The van der Waals surface area contributed by atoms with Crippen molar-refractivity contribution in [1.82, 2.24) is 4.90 Å². The molecule has 1 amide bonds. The number of nitrogens with zero attached hydrogens (tertiary/aromatic N) is 1. The van der Waals surface area contributed by atoms with Gasteiger partial charge in [0.25, 0.3) is 0 Å². The molecule has 7 heteroatoms. The molecule has 0 aromatic heterocycles. The fourth-order valence-corrected chi connectivity index (χ4v) is 3.51. The van der Waals surface area contributed by atoms with E-state index < -0.39 is 12.2 Å². The van der Waals surface area contributed by atoms with Crippen molar-refractivity contribution in [2.45, 2.75) is 57.9 Å². The molecule has 1 fully saturated rings. The molecule has 2 heterocycles. The van der Waals surface area contributed by atoms with Crippen molar-refractivity contribution in [1.29, 1.82) is 0 Å². The van der Waals surface area contributed by atoms with E-state index in [0.717, 1.165) is 11.1 Å². The van der Waals surface area contributed by atoms with E-state index in [9.17, 15) is 13.6 Å². The Morgan fingerprint density at radius 1 is 1.33 bits per heavy atom. The normalized spacial score (nSPS) is 22.4. The zero-order chi connectivity index (χ0) is 19.6. The van der Waals surface area contributed by atoms with Crippen LogP contribution in [0.4, 0.5) is 13.6 Å². The largest absolute Gasteiger partial charge is 0.444 e. The summed E-state index contributed by atoms with van der Waals surface area (Å²) in [7, 11) is 0. The Bertz CT molecular complexity index is 714. The number of benzene rings is 1. The highest BCUT2D eigenvalue weighted by atomic mass is 19.3. The summed E-state index contributed by atoms with van der Waals surface area (Å²) < 4.78 is 40.4. The molecule has 2 aliphatic heterocycles. The third-order valence-corrected chi connectivity index (χ3v) is 4.43. The van der Waals surface area contributed by atoms with Crippen LogP contribution in [0.2, 0.25) is 0 Å². The van der Waals surface area contributed by atoms with Gasteiger partial charge in [0.05, 0.1) is 25.3 Å². The zero-order valence-corrected chi connectivity index (χ0v) is 15.8. The summed E-state index contributed by atoms with van der Waals surface area (Å²) >= 11 is 0. The highest BCUT2D eigenvalue weighted by Gasteiger charge is 2.39. The molecule has 0 saturated carbocycles. The van der Waals surface area contributed by atoms with Gasteiger partial charge in [-0.15, -0.1) is 0 Å². The molecule has 2 unspecified atom stereocenters. The summed E-state index contributed by atoms with van der Waals surface area (Å²) in [6, 6.07) is 6.46. The number of hydrogen-bond acceptors (Lipinski definition) is 4. The van der Waals surface area contributed by atoms with Crippen LogP contribution in [-0.2, 0) is 15.9 Å². The van der Waals surface area contributed by atoms with Crippen molar-refractivity contribution in [3.8, 4) is 5.75 Å². The molecule has 3 rings (SSSR count). The van der Waals surface area contributed by atoms with Gasteiger partial charge in [0, 0.05) is 0 Å². The topological polar surface area (TPSA) is 48.0 Å². The minimum Gasteiger partial charge on any atom is -0.444 e. The van der Waals surface area contributed by atoms with Gasteiger partial charge in [-0.25, -0.2) is 4.79 Å². The van der Waals surface area contributed by atoms with E-state index in [1.54, 1.807) is 17.0 Å². The molecule has 0 spiro atoms. The monoisotopic (exact) mass is 381 g/mol. The summed E-state index contributed by atoms with van der Waals surface area (Å²) in [5.41, 5.74) is 1.49. The highest BCUT2D eigenvalue weighted by molar-refractivity contribution is 5.70. The number of amides is 1. The molecule has 0 aliphatic carbocycles. The number of alkyl halides is 2. The maximum Gasteiger partial charge on any atom is 0.411 e. The SMILES string of the molecule is CC(C)(C)OC(=O)N1C2C=C(Cc3cccc(OC(F)F)c3)CC1COC2. The molecule has 27 heavy (non-hydrogen) atoms. The lowest BCUT2D eigenvalue weighted by Crippen LogP contribution is -2.57. The van der Waals surface area contributed by atoms with E-state index in [4.69, 9.17) is 9.47 Å². The van der Waals surface area contributed by atoms with Crippen LogP contribution < -0.4 is 4.74 Å². The minimum absolute atomic E-state index is 0.0842. The van der Waals surface area contributed by atoms with E-state index >= 15 is 0 Å². The third kappa shape index (κ3) is 5.19. The fourth-order valence-electron chi connectivity index (χ4n) is 3.51. The van der Waals surface area contributed by atoms with E-state index in [0.29, 0.717) is 26.1 Å². The summed E-state index contributed by atoms with van der Waals surface area (Å²) in [5.74, 6) is 0.151. The van der Waals surface area contributed by atoms with Gasteiger partial charge in [0.15, 0.2) is 0 Å². The quantitative estimate of drug-likeness (QED) is 0.735. The van der Waals surface area contributed by atoms with Gasteiger partial charge in [-0.05, 0) is 51.3 Å². The van der Waals surface area contributed by atoms with E-state index in [1.165, 1.54) is 6.07 Å². The van der Waals surface area contributed by atoms with Crippen LogP contribution in [0.25, 0.3) is 0 Å². The van der Waals surface area contributed by atoms with E-state index in [2.05, 4.69) is 4.74 Å². The van der Waals surface area contributed by atoms with Gasteiger partial charge in [-0.1, -0.05) is 23.8 Å². The molecule has 1 saturated heterocycles. The van der Waals surface area contributed by atoms with Gasteiger partial charge in [-0.3, -0.25) is 4.90 Å². The number of fused-ring (bicyclic) bond motifs is 2. The Hall–Kier alpha value is -2.15. The maximum absolute atomic E-state index is 12.6. The van der Waals surface area contributed by atoms with Crippen molar-refractivity contribution in [3.63, 3.8) is 0 Å². The summed E-state index contributed by atoms with van der Waals surface area (Å²) in [6.45, 7) is 3.58. The molecule has 2 bridgehead atoms. The Morgan fingerprint density at radius 3 is 2.78 bits per heavy atom. The summed E-state index contributed by atoms with van der Waals surface area (Å²) in [4.78, 5) is 14.3. The smallest absolute Gasteiger partial charge is 0.411 e. The number of carbonyl (C=O) groups excluding carboxylic acids is 1. The second-order valence-corrected chi connectivity index (χ2v) is 7.88. The molecular weight excluding hydrogens is 356 g/mol. The third-order valence-electron chi connectivity index (χ3n) is 4.43. The maximum atomic E-state index is 12.6. The Balaban J connectivity index is 1.73. The molecular formula is C20H25F2NO4. The lowest BCUT2D eigenvalue weighted by Gasteiger charge is -2.44. The number of carbonyl (C=O) groups is 1. The standard InChI is InChI=1S/C20H25F2NO4/c1-20(2,3)27-19(24)23-15-8-14(9-16(23)12-25-11-15)7-13-5-4-6-17(10-13)26-18(21)22/h4-6,8,10,15-16,18H,7,9,11-12H2,1-3H3. The lowest BCUT2D eigenvalue weighted by atomic mass is 9.90. The van der Waals surface area contributed by atoms with Crippen LogP contribution in [0.3, 0.4) is 0 Å². The molecule has 0 radical (unpaired) electrons. The average Bonchev–Trinajstić information content (AvgIpc) is 2.52. The molecule has 148 valence electrons. The van der Waals surface area contributed by atoms with Crippen LogP contribution >= 0.6 is 0 Å².